The molecule has 0 saturated heterocycles. The Bertz CT molecular complexity index is 1050. The summed E-state index contributed by atoms with van der Waals surface area (Å²) in [4.78, 5) is 8.80. The molecule has 4 rings (SSSR count). The minimum atomic E-state index is 0.218. The fourth-order valence-corrected chi connectivity index (χ4v) is 7.13. The van der Waals surface area contributed by atoms with Crippen molar-refractivity contribution in [2.24, 2.45) is 0 Å². The van der Waals surface area contributed by atoms with Crippen molar-refractivity contribution in [2.75, 3.05) is 0 Å². The van der Waals surface area contributed by atoms with Gasteiger partial charge >= 0.3 is 163 Å². The number of hydrogen-bond acceptors (Lipinski definition) is 4. The fraction of sp³-hybridized carbons (Fsp3) is 0. The van der Waals surface area contributed by atoms with Gasteiger partial charge in [-0.1, -0.05) is 0 Å². The van der Waals surface area contributed by atoms with Crippen LogP contribution < -0.4 is 0 Å². The molecule has 0 aliphatic heterocycles. The Balaban J connectivity index is 1.61. The molecule has 0 aliphatic carbocycles. The van der Waals surface area contributed by atoms with Crippen LogP contribution in [0.2, 0.25) is 0 Å². The number of rotatable bonds is 3. The number of nitrogens with zero attached hydrogens (tertiary/aromatic N) is 4. The van der Waals surface area contributed by atoms with Gasteiger partial charge in [-0.2, -0.15) is 0 Å². The summed E-state index contributed by atoms with van der Waals surface area (Å²) in [5.74, 6) is 0. The van der Waals surface area contributed by atoms with E-state index >= 15 is 0 Å². The number of pyridine rings is 2. The molecule has 4 aromatic rings. The normalized spacial score (nSPS) is 10.2. The van der Waals surface area contributed by atoms with Gasteiger partial charge in [-0.3, -0.25) is 0 Å². The number of aromatic nitrogens is 2. The molecule has 0 atom stereocenters. The van der Waals surface area contributed by atoms with Gasteiger partial charge in [-0.05, 0) is 0 Å². The predicted molar refractivity (Wildman–Crippen MR) is 102 cm³/mol. The van der Waals surface area contributed by atoms with E-state index in [1.807, 2.05) is 24.3 Å². The number of nitriles is 2. The van der Waals surface area contributed by atoms with Crippen LogP contribution in [-0.4, -0.2) is 39.0 Å². The van der Waals surface area contributed by atoms with Crippen LogP contribution in [0.1, 0.15) is 11.1 Å². The summed E-state index contributed by atoms with van der Waals surface area (Å²) in [5, 5.41) is 17.8. The van der Waals surface area contributed by atoms with Gasteiger partial charge in [0.05, 0.1) is 0 Å². The molecule has 0 N–H and O–H groups in total. The van der Waals surface area contributed by atoms with Crippen molar-refractivity contribution in [1.82, 2.24) is 9.97 Å². The van der Waals surface area contributed by atoms with E-state index in [4.69, 9.17) is 10.5 Å². The van der Waals surface area contributed by atoms with Gasteiger partial charge in [0.25, 0.3) is 0 Å². The van der Waals surface area contributed by atoms with E-state index in [2.05, 4.69) is 46.4 Å². The Kier molecular flexibility index (Phi) is 4.67. The topological polar surface area (TPSA) is 73.4 Å². The average Bonchev–Trinajstić information content (AvgIpc) is 3.38. The van der Waals surface area contributed by atoms with Crippen molar-refractivity contribution in [3.05, 3.63) is 72.1 Å². The van der Waals surface area contributed by atoms with Gasteiger partial charge in [0.1, 0.15) is 0 Å². The summed E-state index contributed by atoms with van der Waals surface area (Å²) < 4.78 is 5.22. The third kappa shape index (κ3) is 3.33. The van der Waals surface area contributed by atoms with Crippen LogP contribution in [0.3, 0.4) is 0 Å². The van der Waals surface area contributed by atoms with Crippen LogP contribution in [-0.2, 0) is 0 Å². The maximum absolute atomic E-state index is 8.88. The van der Waals surface area contributed by atoms with Crippen molar-refractivity contribution < 1.29 is 0 Å². The Labute approximate surface area is 162 Å². The zero-order valence-electron chi connectivity index (χ0n) is 13.4. The van der Waals surface area contributed by atoms with E-state index in [0.717, 1.165) is 11.4 Å². The van der Waals surface area contributed by atoms with E-state index in [-0.39, 0.29) is 29.0 Å². The third-order valence-corrected chi connectivity index (χ3v) is 9.19. The molecule has 0 aliphatic rings. The molecule has 0 amide bonds. The van der Waals surface area contributed by atoms with E-state index in [1.165, 1.54) is 17.7 Å². The predicted octanol–water partition coefficient (Wildman–Crippen LogP) is 3.33. The first kappa shape index (κ1) is 16.7. The summed E-state index contributed by atoms with van der Waals surface area (Å²) in [6.45, 7) is 0. The SMILES string of the molecule is N#Cc1ccc(-c2ccc(-c3ccc(-c4ccc(C#N)cn4)[se]3)[se]2)nc1. The molecule has 122 valence electrons. The Hall–Kier alpha value is -2.72. The van der Waals surface area contributed by atoms with Crippen molar-refractivity contribution in [1.29, 1.82) is 10.5 Å². The standard InChI is InChI=1S/C20H10N4Se2/c21-9-13-1-3-15(23-11-13)17-5-7-19(25-17)20-8-6-18(26-20)16-4-2-14(10-22)12-24-16/h1-8,11-12H. The van der Waals surface area contributed by atoms with Crippen molar-refractivity contribution in [2.45, 2.75) is 0 Å². The van der Waals surface area contributed by atoms with Crippen molar-refractivity contribution in [3.63, 3.8) is 0 Å². The molecule has 4 nitrogen and oxygen atoms in total. The quantitative estimate of drug-likeness (QED) is 0.436. The molecular weight excluding hydrogens is 454 g/mol. The summed E-state index contributed by atoms with van der Waals surface area (Å²) >= 11 is 0.437. The van der Waals surface area contributed by atoms with Gasteiger partial charge in [0, 0.05) is 0 Å². The van der Waals surface area contributed by atoms with E-state index < -0.39 is 0 Å². The molecule has 0 unspecified atom stereocenters. The maximum atomic E-state index is 8.88. The first-order valence-corrected chi connectivity index (χ1v) is 11.1. The Morgan fingerprint density at radius 3 is 1.35 bits per heavy atom. The van der Waals surface area contributed by atoms with Crippen LogP contribution in [0.4, 0.5) is 0 Å². The number of hydrogen-bond donors (Lipinski definition) is 0. The average molecular weight is 464 g/mol. The molecule has 0 aromatic carbocycles. The fourth-order valence-electron chi connectivity index (χ4n) is 2.43. The molecule has 0 spiro atoms. The van der Waals surface area contributed by atoms with Crippen LogP contribution >= 0.6 is 0 Å². The summed E-state index contributed by atoms with van der Waals surface area (Å²) in [6, 6.07) is 20.3. The van der Waals surface area contributed by atoms with Gasteiger partial charge in [-0.25, -0.2) is 0 Å². The second kappa shape index (κ2) is 7.26. The second-order valence-corrected chi connectivity index (χ2v) is 9.96. The van der Waals surface area contributed by atoms with E-state index in [0.29, 0.717) is 11.1 Å². The van der Waals surface area contributed by atoms with Crippen molar-refractivity contribution in [3.8, 4) is 41.3 Å². The first-order chi connectivity index (χ1) is 12.8. The molecule has 0 fully saturated rings. The van der Waals surface area contributed by atoms with Crippen LogP contribution in [0.25, 0.3) is 29.1 Å². The minimum absolute atomic E-state index is 0.218. The molecular formula is C20H10N4Se2. The summed E-state index contributed by atoms with van der Waals surface area (Å²) in [6.07, 6.45) is 3.25. The zero-order valence-corrected chi connectivity index (χ0v) is 16.8. The summed E-state index contributed by atoms with van der Waals surface area (Å²) in [7, 11) is 0. The van der Waals surface area contributed by atoms with Gasteiger partial charge in [-0.15, -0.1) is 0 Å². The molecule has 0 radical (unpaired) electrons. The van der Waals surface area contributed by atoms with E-state index in [1.54, 1.807) is 12.4 Å². The van der Waals surface area contributed by atoms with Gasteiger partial charge in [0.15, 0.2) is 0 Å². The zero-order chi connectivity index (χ0) is 17.9. The summed E-state index contributed by atoms with van der Waals surface area (Å²) in [5.41, 5.74) is 3.06. The molecule has 4 aromatic heterocycles. The first-order valence-electron chi connectivity index (χ1n) is 7.70. The third-order valence-electron chi connectivity index (χ3n) is 3.74. The van der Waals surface area contributed by atoms with Crippen molar-refractivity contribution >= 4 is 29.0 Å². The van der Waals surface area contributed by atoms with Crippen LogP contribution in [0.5, 0.6) is 0 Å². The molecule has 0 bridgehead atoms. The van der Waals surface area contributed by atoms with Crippen LogP contribution in [0, 0.1) is 22.7 Å². The van der Waals surface area contributed by atoms with Gasteiger partial charge < -0.3 is 0 Å². The Morgan fingerprint density at radius 1 is 0.577 bits per heavy atom. The monoisotopic (exact) mass is 466 g/mol. The molecule has 6 heteroatoms. The second-order valence-electron chi connectivity index (χ2n) is 5.42. The molecule has 26 heavy (non-hydrogen) atoms. The Morgan fingerprint density at radius 2 is 1.00 bits per heavy atom. The van der Waals surface area contributed by atoms with Crippen LogP contribution in [0.15, 0.2) is 60.9 Å². The van der Waals surface area contributed by atoms with Gasteiger partial charge in [0.2, 0.25) is 0 Å². The molecule has 0 saturated carbocycles. The molecule has 4 heterocycles. The van der Waals surface area contributed by atoms with E-state index in [9.17, 15) is 0 Å².